The molecule has 0 radical (unpaired) electrons. The van der Waals surface area contributed by atoms with Crippen LogP contribution in [0, 0.1) is 0 Å². The highest BCUT2D eigenvalue weighted by molar-refractivity contribution is 5.89. The van der Waals surface area contributed by atoms with E-state index in [4.69, 9.17) is 14.0 Å². The predicted molar refractivity (Wildman–Crippen MR) is 111 cm³/mol. The summed E-state index contributed by atoms with van der Waals surface area (Å²) in [5.74, 6) is 2.10. The maximum atomic E-state index is 12.8. The molecular formula is C22H25N3O4. The molecule has 29 heavy (non-hydrogen) atoms. The first kappa shape index (κ1) is 20.3. The molecule has 0 bridgehead atoms. The molecule has 3 aromatic rings. The van der Waals surface area contributed by atoms with Crippen LogP contribution in [-0.4, -0.2) is 36.3 Å². The van der Waals surface area contributed by atoms with Crippen molar-refractivity contribution in [2.24, 2.45) is 0 Å². The Bertz CT molecular complexity index is 951. The third-order valence-electron chi connectivity index (χ3n) is 4.47. The van der Waals surface area contributed by atoms with Gasteiger partial charge < -0.3 is 24.2 Å². The van der Waals surface area contributed by atoms with E-state index in [0.29, 0.717) is 23.7 Å². The standard InChI is InChI=1S/C22H25N3O4/c1-15(2)25(22(26)23-17-8-10-19(27-3)11-9-17)14-18-13-21(29-24-18)16-6-5-7-20(12-16)28-4/h5-13,15H,14H2,1-4H3,(H,23,26). The lowest BCUT2D eigenvalue weighted by atomic mass is 10.1. The van der Waals surface area contributed by atoms with E-state index in [1.807, 2.05) is 44.2 Å². The van der Waals surface area contributed by atoms with E-state index >= 15 is 0 Å². The average molecular weight is 395 g/mol. The number of carbonyl (C=O) groups is 1. The van der Waals surface area contributed by atoms with E-state index < -0.39 is 0 Å². The fourth-order valence-electron chi connectivity index (χ4n) is 2.83. The Morgan fingerprint density at radius 3 is 2.45 bits per heavy atom. The number of hydrogen-bond acceptors (Lipinski definition) is 5. The summed E-state index contributed by atoms with van der Waals surface area (Å²) in [6, 6.07) is 16.3. The highest BCUT2D eigenvalue weighted by Gasteiger charge is 2.20. The summed E-state index contributed by atoms with van der Waals surface area (Å²) in [7, 11) is 3.22. The fourth-order valence-corrected chi connectivity index (χ4v) is 2.83. The van der Waals surface area contributed by atoms with E-state index in [1.54, 1.807) is 43.4 Å². The number of hydrogen-bond donors (Lipinski definition) is 1. The molecule has 0 spiro atoms. The van der Waals surface area contributed by atoms with Gasteiger partial charge in [0.1, 0.15) is 17.2 Å². The normalized spacial score (nSPS) is 10.7. The number of nitrogens with zero attached hydrogens (tertiary/aromatic N) is 2. The number of nitrogens with one attached hydrogen (secondary N) is 1. The fraction of sp³-hybridized carbons (Fsp3) is 0.273. The predicted octanol–water partition coefficient (Wildman–Crippen LogP) is 4.80. The van der Waals surface area contributed by atoms with Crippen LogP contribution in [0.15, 0.2) is 59.1 Å². The number of benzene rings is 2. The van der Waals surface area contributed by atoms with Crippen molar-refractivity contribution in [2.75, 3.05) is 19.5 Å². The molecule has 0 aliphatic rings. The molecule has 0 saturated carbocycles. The summed E-state index contributed by atoms with van der Waals surface area (Å²) < 4.78 is 15.9. The van der Waals surface area contributed by atoms with E-state index in [2.05, 4.69) is 10.5 Å². The second-order valence-electron chi connectivity index (χ2n) is 6.79. The van der Waals surface area contributed by atoms with Crippen molar-refractivity contribution in [2.45, 2.75) is 26.4 Å². The van der Waals surface area contributed by atoms with Crippen molar-refractivity contribution >= 4 is 11.7 Å². The highest BCUT2D eigenvalue weighted by atomic mass is 16.5. The molecule has 2 aromatic carbocycles. The Labute approximate surface area is 170 Å². The van der Waals surface area contributed by atoms with Crippen molar-refractivity contribution in [3.8, 4) is 22.8 Å². The van der Waals surface area contributed by atoms with Crippen LogP contribution in [-0.2, 0) is 6.54 Å². The molecule has 7 heteroatoms. The number of amides is 2. The zero-order valence-corrected chi connectivity index (χ0v) is 17.0. The summed E-state index contributed by atoms with van der Waals surface area (Å²) in [6.07, 6.45) is 0. The average Bonchev–Trinajstić information content (AvgIpc) is 3.21. The molecule has 152 valence electrons. The summed E-state index contributed by atoms with van der Waals surface area (Å²) >= 11 is 0. The zero-order valence-electron chi connectivity index (χ0n) is 17.0. The number of aromatic nitrogens is 1. The minimum absolute atomic E-state index is 0.0229. The monoisotopic (exact) mass is 395 g/mol. The third kappa shape index (κ3) is 5.07. The van der Waals surface area contributed by atoms with Gasteiger partial charge in [0, 0.05) is 23.4 Å². The van der Waals surface area contributed by atoms with Crippen LogP contribution in [0.25, 0.3) is 11.3 Å². The largest absolute Gasteiger partial charge is 0.497 e. The van der Waals surface area contributed by atoms with Gasteiger partial charge in [0.25, 0.3) is 0 Å². The van der Waals surface area contributed by atoms with Crippen molar-refractivity contribution in [1.82, 2.24) is 10.1 Å². The molecule has 2 amide bonds. The quantitative estimate of drug-likeness (QED) is 0.622. The molecule has 0 aliphatic heterocycles. The molecule has 1 heterocycles. The lowest BCUT2D eigenvalue weighted by Gasteiger charge is -2.26. The maximum absolute atomic E-state index is 12.8. The van der Waals surface area contributed by atoms with Crippen molar-refractivity contribution in [3.05, 3.63) is 60.3 Å². The van der Waals surface area contributed by atoms with Crippen LogP contribution in [0.5, 0.6) is 11.5 Å². The summed E-state index contributed by atoms with van der Waals surface area (Å²) in [5, 5.41) is 7.03. The van der Waals surface area contributed by atoms with Gasteiger partial charge in [-0.05, 0) is 50.2 Å². The molecule has 3 rings (SSSR count). The smallest absolute Gasteiger partial charge is 0.322 e. The molecule has 0 saturated heterocycles. The second-order valence-corrected chi connectivity index (χ2v) is 6.79. The first-order valence-corrected chi connectivity index (χ1v) is 9.32. The van der Waals surface area contributed by atoms with Crippen molar-refractivity contribution in [3.63, 3.8) is 0 Å². The van der Waals surface area contributed by atoms with Crippen LogP contribution < -0.4 is 14.8 Å². The van der Waals surface area contributed by atoms with E-state index in [1.165, 1.54) is 0 Å². The van der Waals surface area contributed by atoms with Crippen molar-refractivity contribution in [1.29, 1.82) is 0 Å². The van der Waals surface area contributed by atoms with Gasteiger partial charge in [-0.25, -0.2) is 4.79 Å². The molecule has 0 atom stereocenters. The second kappa shape index (κ2) is 9.14. The maximum Gasteiger partial charge on any atom is 0.322 e. The summed E-state index contributed by atoms with van der Waals surface area (Å²) in [6.45, 7) is 4.24. The Kier molecular flexibility index (Phi) is 6.39. The molecule has 1 N–H and O–H groups in total. The van der Waals surface area contributed by atoms with Gasteiger partial charge in [0.2, 0.25) is 0 Å². The molecule has 0 aliphatic carbocycles. The molecule has 1 aromatic heterocycles. The Hall–Kier alpha value is -3.48. The van der Waals surface area contributed by atoms with Crippen LogP contribution >= 0.6 is 0 Å². The molecular weight excluding hydrogens is 370 g/mol. The highest BCUT2D eigenvalue weighted by Crippen LogP contribution is 2.25. The topological polar surface area (TPSA) is 76.8 Å². The summed E-state index contributed by atoms with van der Waals surface area (Å²) in [5.41, 5.74) is 2.22. The van der Waals surface area contributed by atoms with Crippen LogP contribution in [0.4, 0.5) is 10.5 Å². The lowest BCUT2D eigenvalue weighted by Crippen LogP contribution is -2.39. The van der Waals surface area contributed by atoms with Crippen LogP contribution in [0.1, 0.15) is 19.5 Å². The van der Waals surface area contributed by atoms with Gasteiger partial charge in [-0.2, -0.15) is 0 Å². The zero-order chi connectivity index (χ0) is 20.8. The number of carbonyl (C=O) groups excluding carboxylic acids is 1. The number of ether oxygens (including phenoxy) is 2. The number of anilines is 1. The van der Waals surface area contributed by atoms with Gasteiger partial charge in [0.05, 0.1) is 20.8 Å². The van der Waals surface area contributed by atoms with Crippen molar-refractivity contribution < 1.29 is 18.8 Å². The first-order valence-electron chi connectivity index (χ1n) is 9.32. The van der Waals surface area contributed by atoms with Crippen LogP contribution in [0.2, 0.25) is 0 Å². The molecule has 7 nitrogen and oxygen atoms in total. The minimum Gasteiger partial charge on any atom is -0.497 e. The Morgan fingerprint density at radius 2 is 1.79 bits per heavy atom. The first-order chi connectivity index (χ1) is 14.0. The van der Waals surface area contributed by atoms with Gasteiger partial charge >= 0.3 is 6.03 Å². The van der Waals surface area contributed by atoms with Gasteiger partial charge in [0.15, 0.2) is 5.76 Å². The van der Waals surface area contributed by atoms with Gasteiger partial charge in [-0.15, -0.1) is 0 Å². The third-order valence-corrected chi connectivity index (χ3v) is 4.47. The van der Waals surface area contributed by atoms with Gasteiger partial charge in [-0.1, -0.05) is 17.3 Å². The number of urea groups is 1. The van der Waals surface area contributed by atoms with Gasteiger partial charge in [-0.3, -0.25) is 0 Å². The van der Waals surface area contributed by atoms with E-state index in [0.717, 1.165) is 17.1 Å². The SMILES string of the molecule is COc1ccc(NC(=O)N(Cc2cc(-c3cccc(OC)c3)on2)C(C)C)cc1. The Morgan fingerprint density at radius 1 is 1.07 bits per heavy atom. The molecule has 0 unspecified atom stereocenters. The summed E-state index contributed by atoms with van der Waals surface area (Å²) in [4.78, 5) is 14.5. The number of rotatable bonds is 7. The number of methoxy groups -OCH3 is 2. The lowest BCUT2D eigenvalue weighted by molar-refractivity contribution is 0.191. The molecule has 0 fully saturated rings. The van der Waals surface area contributed by atoms with E-state index in [-0.39, 0.29) is 12.1 Å². The Balaban J connectivity index is 1.71. The van der Waals surface area contributed by atoms with E-state index in [9.17, 15) is 4.79 Å². The van der Waals surface area contributed by atoms with Crippen LogP contribution in [0.3, 0.4) is 0 Å². The minimum atomic E-state index is -0.212.